The highest BCUT2D eigenvalue weighted by Gasteiger charge is 2.19. The SMILES string of the molecule is O=C(CC1CCCC1)Nc1nc(-c2c[nH]c3ccccc23)cs1. The molecule has 0 bridgehead atoms. The summed E-state index contributed by atoms with van der Waals surface area (Å²) < 4.78 is 0. The van der Waals surface area contributed by atoms with Crippen molar-refractivity contribution in [1.29, 1.82) is 0 Å². The molecular weight excluding hydrogens is 306 g/mol. The summed E-state index contributed by atoms with van der Waals surface area (Å²) in [5, 5.41) is 6.80. The molecule has 2 N–H and O–H groups in total. The molecule has 23 heavy (non-hydrogen) atoms. The van der Waals surface area contributed by atoms with Crippen molar-refractivity contribution < 1.29 is 4.79 Å². The fourth-order valence-electron chi connectivity index (χ4n) is 3.39. The molecule has 0 spiro atoms. The van der Waals surface area contributed by atoms with Gasteiger partial charge in [0, 0.05) is 34.5 Å². The molecule has 3 aromatic rings. The van der Waals surface area contributed by atoms with Crippen LogP contribution in [0.4, 0.5) is 5.13 Å². The quantitative estimate of drug-likeness (QED) is 0.723. The minimum Gasteiger partial charge on any atom is -0.360 e. The number of aromatic amines is 1. The number of amides is 1. The van der Waals surface area contributed by atoms with Crippen molar-refractivity contribution in [1.82, 2.24) is 9.97 Å². The molecule has 5 heteroatoms. The number of thiazole rings is 1. The fourth-order valence-corrected chi connectivity index (χ4v) is 4.11. The first-order valence-corrected chi connectivity index (χ1v) is 8.99. The van der Waals surface area contributed by atoms with E-state index in [2.05, 4.69) is 27.4 Å². The number of para-hydroxylation sites is 1. The van der Waals surface area contributed by atoms with Gasteiger partial charge in [-0.15, -0.1) is 11.3 Å². The van der Waals surface area contributed by atoms with E-state index in [1.54, 1.807) is 0 Å². The maximum Gasteiger partial charge on any atom is 0.226 e. The van der Waals surface area contributed by atoms with Gasteiger partial charge in [0.15, 0.2) is 5.13 Å². The summed E-state index contributed by atoms with van der Waals surface area (Å²) in [5.74, 6) is 0.653. The number of rotatable bonds is 4. The van der Waals surface area contributed by atoms with Gasteiger partial charge in [-0.3, -0.25) is 4.79 Å². The molecule has 2 heterocycles. The van der Waals surface area contributed by atoms with E-state index in [0.717, 1.165) is 22.2 Å². The molecule has 0 atom stereocenters. The van der Waals surface area contributed by atoms with E-state index in [1.807, 2.05) is 23.7 Å². The first kappa shape index (κ1) is 14.5. The lowest BCUT2D eigenvalue weighted by Crippen LogP contribution is -2.14. The normalized spacial score (nSPS) is 15.3. The average Bonchev–Trinajstić information content (AvgIpc) is 3.26. The third kappa shape index (κ3) is 3.01. The van der Waals surface area contributed by atoms with Crippen LogP contribution in [0.3, 0.4) is 0 Å². The van der Waals surface area contributed by atoms with Crippen LogP contribution in [-0.2, 0) is 4.79 Å². The van der Waals surface area contributed by atoms with Crippen molar-refractivity contribution in [2.75, 3.05) is 5.32 Å². The minimum atomic E-state index is 0.0942. The number of hydrogen-bond acceptors (Lipinski definition) is 3. The highest BCUT2D eigenvalue weighted by Crippen LogP contribution is 2.31. The molecule has 0 unspecified atom stereocenters. The largest absolute Gasteiger partial charge is 0.360 e. The van der Waals surface area contributed by atoms with Crippen molar-refractivity contribution in [3.63, 3.8) is 0 Å². The third-order valence-corrected chi connectivity index (χ3v) is 5.32. The molecule has 1 saturated carbocycles. The van der Waals surface area contributed by atoms with Gasteiger partial charge in [-0.2, -0.15) is 0 Å². The average molecular weight is 325 g/mol. The van der Waals surface area contributed by atoms with E-state index < -0.39 is 0 Å². The Morgan fingerprint density at radius 3 is 3.00 bits per heavy atom. The van der Waals surface area contributed by atoms with Crippen LogP contribution < -0.4 is 5.32 Å². The van der Waals surface area contributed by atoms with Crippen LogP contribution in [0.5, 0.6) is 0 Å². The Bertz CT molecular complexity index is 830. The van der Waals surface area contributed by atoms with Gasteiger partial charge in [-0.1, -0.05) is 31.0 Å². The zero-order chi connectivity index (χ0) is 15.6. The van der Waals surface area contributed by atoms with Crippen molar-refractivity contribution in [3.05, 3.63) is 35.8 Å². The van der Waals surface area contributed by atoms with Gasteiger partial charge in [0.2, 0.25) is 5.91 Å². The first-order chi connectivity index (χ1) is 11.3. The van der Waals surface area contributed by atoms with Crippen molar-refractivity contribution in [2.45, 2.75) is 32.1 Å². The summed E-state index contributed by atoms with van der Waals surface area (Å²) in [7, 11) is 0. The van der Waals surface area contributed by atoms with Crippen LogP contribution in [0.25, 0.3) is 22.2 Å². The number of H-pyrrole nitrogens is 1. The molecule has 4 rings (SSSR count). The Labute approximate surface area is 138 Å². The first-order valence-electron chi connectivity index (χ1n) is 8.11. The maximum atomic E-state index is 12.1. The lowest BCUT2D eigenvalue weighted by atomic mass is 10.0. The lowest BCUT2D eigenvalue weighted by molar-refractivity contribution is -0.117. The highest BCUT2D eigenvalue weighted by molar-refractivity contribution is 7.14. The Morgan fingerprint density at radius 2 is 2.13 bits per heavy atom. The van der Waals surface area contributed by atoms with Gasteiger partial charge in [0.1, 0.15) is 0 Å². The van der Waals surface area contributed by atoms with Crippen LogP contribution in [0.1, 0.15) is 32.1 Å². The number of carbonyl (C=O) groups excluding carboxylic acids is 1. The smallest absolute Gasteiger partial charge is 0.226 e. The molecule has 0 radical (unpaired) electrons. The molecule has 2 aromatic heterocycles. The van der Waals surface area contributed by atoms with Gasteiger partial charge in [0.05, 0.1) is 5.69 Å². The minimum absolute atomic E-state index is 0.0942. The van der Waals surface area contributed by atoms with Crippen LogP contribution in [0, 0.1) is 5.92 Å². The van der Waals surface area contributed by atoms with E-state index in [9.17, 15) is 4.79 Å². The van der Waals surface area contributed by atoms with Crippen LogP contribution in [0.2, 0.25) is 0 Å². The second-order valence-electron chi connectivity index (χ2n) is 6.19. The Kier molecular flexibility index (Phi) is 3.87. The van der Waals surface area contributed by atoms with E-state index in [4.69, 9.17) is 0 Å². The topological polar surface area (TPSA) is 57.8 Å². The summed E-state index contributed by atoms with van der Waals surface area (Å²) in [6.07, 6.45) is 7.50. The highest BCUT2D eigenvalue weighted by atomic mass is 32.1. The number of hydrogen-bond donors (Lipinski definition) is 2. The molecule has 0 aliphatic heterocycles. The van der Waals surface area contributed by atoms with E-state index in [-0.39, 0.29) is 5.91 Å². The zero-order valence-corrected chi connectivity index (χ0v) is 13.7. The molecule has 1 fully saturated rings. The summed E-state index contributed by atoms with van der Waals surface area (Å²) >= 11 is 1.49. The molecule has 1 aliphatic carbocycles. The molecule has 1 aromatic carbocycles. The van der Waals surface area contributed by atoms with E-state index in [1.165, 1.54) is 37.0 Å². The number of carbonyl (C=O) groups is 1. The molecular formula is C18H19N3OS. The molecule has 0 saturated heterocycles. The zero-order valence-electron chi connectivity index (χ0n) is 12.8. The predicted octanol–water partition coefficient (Wildman–Crippen LogP) is 4.81. The monoisotopic (exact) mass is 325 g/mol. The Balaban J connectivity index is 1.49. The number of nitrogens with zero attached hydrogens (tertiary/aromatic N) is 1. The number of aromatic nitrogens is 2. The second kappa shape index (κ2) is 6.16. The van der Waals surface area contributed by atoms with Crippen molar-refractivity contribution in [3.8, 4) is 11.3 Å². The Hall–Kier alpha value is -2.14. The van der Waals surface area contributed by atoms with Gasteiger partial charge in [0.25, 0.3) is 0 Å². The molecule has 4 nitrogen and oxygen atoms in total. The standard InChI is InChI=1S/C18H19N3OS/c22-17(9-12-5-1-2-6-12)21-18-20-16(11-23-18)14-10-19-15-8-4-3-7-13(14)15/h3-4,7-8,10-12,19H,1-2,5-6,9H2,(H,20,21,22). The van der Waals surface area contributed by atoms with Crippen LogP contribution in [0.15, 0.2) is 35.8 Å². The van der Waals surface area contributed by atoms with Crippen molar-refractivity contribution >= 4 is 33.3 Å². The van der Waals surface area contributed by atoms with E-state index in [0.29, 0.717) is 17.5 Å². The predicted molar refractivity (Wildman–Crippen MR) is 94.6 cm³/mol. The fraction of sp³-hybridized carbons (Fsp3) is 0.333. The number of nitrogens with one attached hydrogen (secondary N) is 2. The Morgan fingerprint density at radius 1 is 1.30 bits per heavy atom. The van der Waals surface area contributed by atoms with Gasteiger partial charge in [-0.05, 0) is 24.8 Å². The van der Waals surface area contributed by atoms with Gasteiger partial charge in [-0.25, -0.2) is 4.98 Å². The second-order valence-corrected chi connectivity index (χ2v) is 7.05. The van der Waals surface area contributed by atoms with E-state index >= 15 is 0 Å². The van der Waals surface area contributed by atoms with Crippen LogP contribution >= 0.6 is 11.3 Å². The number of benzene rings is 1. The number of anilines is 1. The van der Waals surface area contributed by atoms with Crippen molar-refractivity contribution in [2.24, 2.45) is 5.92 Å². The molecule has 1 aliphatic rings. The maximum absolute atomic E-state index is 12.1. The molecule has 118 valence electrons. The summed E-state index contributed by atoms with van der Waals surface area (Å²) in [6, 6.07) is 8.17. The summed E-state index contributed by atoms with van der Waals surface area (Å²) in [6.45, 7) is 0. The number of fused-ring (bicyclic) bond motifs is 1. The molecule has 1 amide bonds. The third-order valence-electron chi connectivity index (χ3n) is 4.56. The van der Waals surface area contributed by atoms with Crippen LogP contribution in [-0.4, -0.2) is 15.9 Å². The van der Waals surface area contributed by atoms with Gasteiger partial charge < -0.3 is 10.3 Å². The summed E-state index contributed by atoms with van der Waals surface area (Å²) in [4.78, 5) is 20.0. The lowest BCUT2D eigenvalue weighted by Gasteiger charge is -2.07. The van der Waals surface area contributed by atoms with Gasteiger partial charge >= 0.3 is 0 Å². The summed E-state index contributed by atoms with van der Waals surface area (Å²) in [5.41, 5.74) is 3.08.